The van der Waals surface area contributed by atoms with Crippen molar-refractivity contribution in [2.45, 2.75) is 57.9 Å². The van der Waals surface area contributed by atoms with Crippen LogP contribution < -0.4 is 4.74 Å². The lowest BCUT2D eigenvalue weighted by Gasteiger charge is -2.21. The highest BCUT2D eigenvalue weighted by molar-refractivity contribution is 6.16. The number of ether oxygens (including phenoxy) is 1. The highest BCUT2D eigenvalue weighted by Crippen LogP contribution is 2.30. The Morgan fingerprint density at radius 3 is 2.67 bits per heavy atom. The van der Waals surface area contributed by atoms with Crippen LogP contribution in [0.3, 0.4) is 0 Å². The second-order valence-corrected chi connectivity index (χ2v) is 5.74. The summed E-state index contributed by atoms with van der Waals surface area (Å²) in [7, 11) is 1.68. The van der Waals surface area contributed by atoms with Gasteiger partial charge in [0.2, 0.25) is 0 Å². The van der Waals surface area contributed by atoms with Gasteiger partial charge in [-0.2, -0.15) is 0 Å². The molecule has 2 rings (SSSR count). The van der Waals surface area contributed by atoms with Crippen molar-refractivity contribution in [1.29, 1.82) is 0 Å². The van der Waals surface area contributed by atoms with Crippen LogP contribution >= 0.6 is 11.6 Å². The fourth-order valence-electron chi connectivity index (χ4n) is 2.93. The number of aromatic nitrogens is 2. The molecule has 0 aliphatic rings. The Balaban J connectivity index is 2.47. The lowest BCUT2D eigenvalue weighted by Crippen LogP contribution is -2.12. The molecule has 0 aliphatic carbocycles. The summed E-state index contributed by atoms with van der Waals surface area (Å²) >= 11 is 6.14. The third kappa shape index (κ3) is 3.52. The highest BCUT2D eigenvalue weighted by Gasteiger charge is 2.18. The summed E-state index contributed by atoms with van der Waals surface area (Å²) in [5.41, 5.74) is 2.14. The first kappa shape index (κ1) is 16.2. The number of unbranched alkanes of at least 4 members (excludes halogenated alkanes) is 1. The lowest BCUT2D eigenvalue weighted by atomic mass is 10.0. The molecule has 0 saturated heterocycles. The molecule has 0 amide bonds. The number of hydrogen-bond donors (Lipinski definition) is 0. The number of imidazole rings is 1. The van der Waals surface area contributed by atoms with Gasteiger partial charge in [0.15, 0.2) is 0 Å². The van der Waals surface area contributed by atoms with E-state index >= 15 is 0 Å². The van der Waals surface area contributed by atoms with Gasteiger partial charge in [-0.3, -0.25) is 0 Å². The number of alkyl halides is 1. The molecule has 2 aromatic rings. The van der Waals surface area contributed by atoms with Crippen molar-refractivity contribution in [3.8, 4) is 5.75 Å². The molecule has 0 N–H and O–H groups in total. The molecule has 21 heavy (non-hydrogen) atoms. The minimum atomic E-state index is 0.448. The van der Waals surface area contributed by atoms with E-state index in [0.29, 0.717) is 11.9 Å². The van der Waals surface area contributed by atoms with Crippen molar-refractivity contribution >= 4 is 22.6 Å². The molecule has 0 aliphatic heterocycles. The summed E-state index contributed by atoms with van der Waals surface area (Å²) in [4.78, 5) is 4.70. The first-order valence-corrected chi connectivity index (χ1v) is 8.39. The zero-order valence-electron chi connectivity index (χ0n) is 13.2. The van der Waals surface area contributed by atoms with Crippen molar-refractivity contribution in [3.63, 3.8) is 0 Å². The molecule has 0 spiro atoms. The van der Waals surface area contributed by atoms with E-state index in [1.54, 1.807) is 7.11 Å². The summed E-state index contributed by atoms with van der Waals surface area (Å²) in [6, 6.07) is 6.58. The van der Waals surface area contributed by atoms with Crippen LogP contribution in [0.4, 0.5) is 0 Å². The van der Waals surface area contributed by atoms with Gasteiger partial charge in [0, 0.05) is 12.1 Å². The molecule has 0 radical (unpaired) electrons. The van der Waals surface area contributed by atoms with Crippen LogP contribution in [0.15, 0.2) is 18.2 Å². The van der Waals surface area contributed by atoms with E-state index in [1.165, 1.54) is 37.6 Å². The second kappa shape index (κ2) is 7.69. The Bertz CT molecular complexity index is 579. The molecule has 116 valence electrons. The highest BCUT2D eigenvalue weighted by atomic mass is 35.5. The molecule has 0 bridgehead atoms. The standard InChI is InChI=1S/C17H25ClN2O/c1-4-6-8-13(7-5-2)20-16-10-9-14(21-3)11-15(16)19-17(20)12-18/h9-11,13H,4-8,12H2,1-3H3. The molecule has 1 heterocycles. The van der Waals surface area contributed by atoms with Crippen LogP contribution in [0.2, 0.25) is 0 Å². The molecule has 1 unspecified atom stereocenters. The summed E-state index contributed by atoms with van der Waals surface area (Å²) in [6.45, 7) is 4.48. The zero-order chi connectivity index (χ0) is 15.2. The zero-order valence-corrected chi connectivity index (χ0v) is 14.0. The number of halogens is 1. The maximum absolute atomic E-state index is 6.14. The quantitative estimate of drug-likeness (QED) is 0.617. The van der Waals surface area contributed by atoms with Gasteiger partial charge in [-0.25, -0.2) is 4.98 Å². The van der Waals surface area contributed by atoms with Gasteiger partial charge in [-0.05, 0) is 25.0 Å². The van der Waals surface area contributed by atoms with Gasteiger partial charge in [0.25, 0.3) is 0 Å². The third-order valence-electron chi connectivity index (χ3n) is 3.97. The van der Waals surface area contributed by atoms with Gasteiger partial charge in [0.1, 0.15) is 11.6 Å². The van der Waals surface area contributed by atoms with Crippen LogP contribution in [-0.2, 0) is 5.88 Å². The van der Waals surface area contributed by atoms with Crippen LogP contribution in [0, 0.1) is 0 Å². The summed E-state index contributed by atoms with van der Waals surface area (Å²) in [5.74, 6) is 2.26. The van der Waals surface area contributed by atoms with Gasteiger partial charge in [-0.1, -0.05) is 33.1 Å². The number of benzene rings is 1. The third-order valence-corrected chi connectivity index (χ3v) is 4.21. The van der Waals surface area contributed by atoms with E-state index in [1.807, 2.05) is 12.1 Å². The number of hydrogen-bond acceptors (Lipinski definition) is 2. The van der Waals surface area contributed by atoms with E-state index in [4.69, 9.17) is 21.3 Å². The molecule has 3 nitrogen and oxygen atoms in total. The average molecular weight is 309 g/mol. The van der Waals surface area contributed by atoms with Crippen LogP contribution in [0.5, 0.6) is 5.75 Å². The van der Waals surface area contributed by atoms with Crippen molar-refractivity contribution < 1.29 is 4.74 Å². The Morgan fingerprint density at radius 1 is 1.24 bits per heavy atom. The minimum Gasteiger partial charge on any atom is -0.497 e. The molecule has 1 aromatic heterocycles. The largest absolute Gasteiger partial charge is 0.497 e. The first-order chi connectivity index (χ1) is 10.2. The molecule has 1 aromatic carbocycles. The Labute approximate surface area is 132 Å². The smallest absolute Gasteiger partial charge is 0.125 e. The number of nitrogens with zero attached hydrogens (tertiary/aromatic N) is 2. The predicted octanol–water partition coefficient (Wildman–Crippen LogP) is 5.32. The van der Waals surface area contributed by atoms with Crippen LogP contribution in [-0.4, -0.2) is 16.7 Å². The minimum absolute atomic E-state index is 0.448. The maximum atomic E-state index is 6.14. The van der Waals surface area contributed by atoms with Crippen molar-refractivity contribution in [1.82, 2.24) is 9.55 Å². The van der Waals surface area contributed by atoms with E-state index in [2.05, 4.69) is 24.5 Å². The topological polar surface area (TPSA) is 27.1 Å². The average Bonchev–Trinajstić information content (AvgIpc) is 2.88. The Hall–Kier alpha value is -1.22. The van der Waals surface area contributed by atoms with Crippen molar-refractivity contribution in [2.75, 3.05) is 7.11 Å². The molecule has 1 atom stereocenters. The van der Waals surface area contributed by atoms with Gasteiger partial charge >= 0.3 is 0 Å². The lowest BCUT2D eigenvalue weighted by molar-refractivity contribution is 0.414. The summed E-state index contributed by atoms with van der Waals surface area (Å²) < 4.78 is 7.64. The first-order valence-electron chi connectivity index (χ1n) is 7.85. The van der Waals surface area contributed by atoms with Crippen molar-refractivity contribution in [3.05, 3.63) is 24.0 Å². The van der Waals surface area contributed by atoms with E-state index in [9.17, 15) is 0 Å². The van der Waals surface area contributed by atoms with Crippen LogP contribution in [0.25, 0.3) is 11.0 Å². The molecule has 0 saturated carbocycles. The fraction of sp³-hybridized carbons (Fsp3) is 0.588. The van der Waals surface area contributed by atoms with E-state index < -0.39 is 0 Å². The summed E-state index contributed by atoms with van der Waals surface area (Å²) in [6.07, 6.45) is 5.98. The van der Waals surface area contributed by atoms with Crippen molar-refractivity contribution in [2.24, 2.45) is 0 Å². The summed E-state index contributed by atoms with van der Waals surface area (Å²) in [5, 5.41) is 0. The maximum Gasteiger partial charge on any atom is 0.125 e. The van der Waals surface area contributed by atoms with Gasteiger partial charge in [0.05, 0.1) is 24.0 Å². The number of rotatable bonds is 8. The molecule has 0 fully saturated rings. The van der Waals surface area contributed by atoms with Gasteiger partial charge in [-0.15, -0.1) is 11.6 Å². The molecular weight excluding hydrogens is 284 g/mol. The Kier molecular flexibility index (Phi) is 5.92. The number of methoxy groups -OCH3 is 1. The number of fused-ring (bicyclic) bond motifs is 1. The molecular formula is C17H25ClN2O. The van der Waals surface area contributed by atoms with Gasteiger partial charge < -0.3 is 9.30 Å². The Morgan fingerprint density at radius 2 is 2.05 bits per heavy atom. The second-order valence-electron chi connectivity index (χ2n) is 5.47. The molecule has 4 heteroatoms. The predicted molar refractivity (Wildman–Crippen MR) is 89.3 cm³/mol. The fourth-order valence-corrected chi connectivity index (χ4v) is 3.12. The normalized spacial score (nSPS) is 12.8. The van der Waals surface area contributed by atoms with Crippen LogP contribution in [0.1, 0.15) is 57.8 Å². The van der Waals surface area contributed by atoms with E-state index in [0.717, 1.165) is 17.1 Å². The van der Waals surface area contributed by atoms with E-state index in [-0.39, 0.29) is 0 Å². The SMILES string of the molecule is CCCCC(CCC)n1c(CCl)nc2cc(OC)ccc21. The monoisotopic (exact) mass is 308 g/mol.